The normalized spacial score (nSPS) is 22.2. The second-order valence-electron chi connectivity index (χ2n) is 6.78. The molecule has 0 aliphatic heterocycles. The molecule has 0 heterocycles. The Hall–Kier alpha value is -2.14. The summed E-state index contributed by atoms with van der Waals surface area (Å²) < 4.78 is 29.0. The average Bonchev–Trinajstić information content (AvgIpc) is 2.64. The first-order chi connectivity index (χ1) is 12.6. The van der Waals surface area contributed by atoms with Crippen LogP contribution in [0.1, 0.15) is 57.1 Å². The van der Waals surface area contributed by atoms with Gasteiger partial charge in [-0.3, -0.25) is 0 Å². The van der Waals surface area contributed by atoms with E-state index in [1.807, 2.05) is 12.1 Å². The van der Waals surface area contributed by atoms with E-state index in [2.05, 4.69) is 37.8 Å². The second kappa shape index (κ2) is 10.1. The fourth-order valence-corrected chi connectivity index (χ4v) is 2.85. The van der Waals surface area contributed by atoms with E-state index in [-0.39, 0.29) is 0 Å². The Kier molecular flexibility index (Phi) is 7.85. The van der Waals surface area contributed by atoms with Gasteiger partial charge in [-0.1, -0.05) is 63.2 Å². The molecule has 0 saturated carbocycles. The molecule has 2 unspecified atom stereocenters. The fraction of sp³-hybridized carbons (Fsp3) is 0.417. The van der Waals surface area contributed by atoms with Gasteiger partial charge >= 0.3 is 0 Å². The molecule has 2 heteroatoms. The van der Waals surface area contributed by atoms with Crippen molar-refractivity contribution in [3.63, 3.8) is 0 Å². The van der Waals surface area contributed by atoms with Crippen molar-refractivity contribution in [2.75, 3.05) is 0 Å². The van der Waals surface area contributed by atoms with Crippen molar-refractivity contribution in [3.05, 3.63) is 71.3 Å². The van der Waals surface area contributed by atoms with Gasteiger partial charge in [-0.2, -0.15) is 0 Å². The number of halogens is 2. The van der Waals surface area contributed by atoms with Crippen molar-refractivity contribution in [1.29, 1.82) is 0 Å². The summed E-state index contributed by atoms with van der Waals surface area (Å²) in [6.07, 6.45) is 11.7. The largest absolute Gasteiger partial charge is 0.239 e. The first-order valence-corrected chi connectivity index (χ1v) is 9.60. The molecule has 26 heavy (non-hydrogen) atoms. The number of hydrogen-bond donors (Lipinski definition) is 0. The quantitative estimate of drug-likeness (QED) is 0.291. The summed E-state index contributed by atoms with van der Waals surface area (Å²) in [5, 5.41) is 0. The standard InChI is InChI=1S/C24H28F2/c1-3-5-6-7-8-17-24(26)18-16-22(19-23(24)25)15-14-21-12-10-20(9-4-2)11-13-21/h8,10-13,16-19,23H,3-7,9H2,1-2H3/b17-8+. The molecule has 0 nitrogen and oxygen atoms in total. The van der Waals surface area contributed by atoms with Crippen molar-refractivity contribution in [3.8, 4) is 11.8 Å². The lowest BCUT2D eigenvalue weighted by Gasteiger charge is -2.23. The van der Waals surface area contributed by atoms with E-state index in [0.29, 0.717) is 5.57 Å². The van der Waals surface area contributed by atoms with Crippen molar-refractivity contribution < 1.29 is 8.78 Å². The highest BCUT2D eigenvalue weighted by molar-refractivity contribution is 5.49. The topological polar surface area (TPSA) is 0 Å². The summed E-state index contributed by atoms with van der Waals surface area (Å²) in [7, 11) is 0. The second-order valence-corrected chi connectivity index (χ2v) is 6.78. The minimum Gasteiger partial charge on any atom is -0.239 e. The van der Waals surface area contributed by atoms with Gasteiger partial charge in [0.1, 0.15) is 0 Å². The summed E-state index contributed by atoms with van der Waals surface area (Å²) in [4.78, 5) is 0. The first kappa shape index (κ1) is 20.2. The minimum absolute atomic E-state index is 0.516. The van der Waals surface area contributed by atoms with Crippen LogP contribution in [0, 0.1) is 11.8 Å². The Morgan fingerprint density at radius 2 is 1.85 bits per heavy atom. The molecule has 0 radical (unpaired) electrons. The zero-order valence-electron chi connectivity index (χ0n) is 15.8. The van der Waals surface area contributed by atoms with Gasteiger partial charge in [-0.05, 0) is 61.3 Å². The lowest BCUT2D eigenvalue weighted by Crippen LogP contribution is -2.31. The monoisotopic (exact) mass is 354 g/mol. The third-order valence-corrected chi connectivity index (χ3v) is 4.46. The highest BCUT2D eigenvalue weighted by Gasteiger charge is 2.35. The Balaban J connectivity index is 1.98. The number of unbranched alkanes of at least 4 members (excludes halogenated alkanes) is 3. The van der Waals surface area contributed by atoms with Gasteiger partial charge in [0.2, 0.25) is 0 Å². The SMILES string of the molecule is CCCCC/C=C/C1(F)C=CC(C#Cc2ccc(CCC)cc2)=CC1F. The third kappa shape index (κ3) is 5.99. The fourth-order valence-electron chi connectivity index (χ4n) is 2.85. The van der Waals surface area contributed by atoms with Gasteiger partial charge in [-0.15, -0.1) is 0 Å². The van der Waals surface area contributed by atoms with E-state index in [4.69, 9.17) is 0 Å². The Bertz CT molecular complexity index is 713. The Morgan fingerprint density at radius 1 is 1.08 bits per heavy atom. The number of alkyl halides is 2. The molecule has 1 aliphatic rings. The van der Waals surface area contributed by atoms with Crippen LogP contribution in [-0.2, 0) is 6.42 Å². The predicted molar refractivity (Wildman–Crippen MR) is 107 cm³/mol. The molecule has 0 fully saturated rings. The van der Waals surface area contributed by atoms with E-state index in [1.54, 1.807) is 12.2 Å². The van der Waals surface area contributed by atoms with Gasteiger partial charge in [0.25, 0.3) is 0 Å². The van der Waals surface area contributed by atoms with E-state index >= 15 is 0 Å². The van der Waals surface area contributed by atoms with Crippen LogP contribution in [0.2, 0.25) is 0 Å². The van der Waals surface area contributed by atoms with Crippen LogP contribution < -0.4 is 0 Å². The smallest absolute Gasteiger partial charge is 0.182 e. The lowest BCUT2D eigenvalue weighted by molar-refractivity contribution is 0.172. The highest BCUT2D eigenvalue weighted by Crippen LogP contribution is 2.30. The maximum Gasteiger partial charge on any atom is 0.182 e. The van der Waals surface area contributed by atoms with Crippen molar-refractivity contribution in [1.82, 2.24) is 0 Å². The lowest BCUT2D eigenvalue weighted by atomic mass is 9.91. The summed E-state index contributed by atoms with van der Waals surface area (Å²) in [6, 6.07) is 8.06. The first-order valence-electron chi connectivity index (χ1n) is 9.60. The van der Waals surface area contributed by atoms with Crippen molar-refractivity contribution in [2.45, 2.75) is 64.2 Å². The van der Waals surface area contributed by atoms with Crippen molar-refractivity contribution >= 4 is 0 Å². The molecule has 1 aromatic carbocycles. The van der Waals surface area contributed by atoms with Crippen LogP contribution in [0.25, 0.3) is 0 Å². The summed E-state index contributed by atoms with van der Waals surface area (Å²) >= 11 is 0. The van der Waals surface area contributed by atoms with Crippen LogP contribution >= 0.6 is 0 Å². The molecule has 0 aromatic heterocycles. The van der Waals surface area contributed by atoms with Gasteiger partial charge in [0.15, 0.2) is 11.8 Å². The molecule has 0 bridgehead atoms. The van der Waals surface area contributed by atoms with E-state index in [9.17, 15) is 8.78 Å². The molecule has 1 aromatic rings. The number of hydrogen-bond acceptors (Lipinski definition) is 0. The van der Waals surface area contributed by atoms with Gasteiger partial charge in [-0.25, -0.2) is 8.78 Å². The maximum absolute atomic E-state index is 14.7. The van der Waals surface area contributed by atoms with E-state index in [0.717, 1.165) is 44.1 Å². The van der Waals surface area contributed by atoms with Crippen LogP contribution in [0.5, 0.6) is 0 Å². The van der Waals surface area contributed by atoms with Gasteiger partial charge in [0.05, 0.1) is 0 Å². The Labute approximate surface area is 156 Å². The molecule has 2 rings (SSSR count). The molecule has 0 saturated heterocycles. The summed E-state index contributed by atoms with van der Waals surface area (Å²) in [5.41, 5.74) is 0.621. The number of benzene rings is 1. The minimum atomic E-state index is -2.06. The van der Waals surface area contributed by atoms with Gasteiger partial charge < -0.3 is 0 Å². The number of aryl methyl sites for hydroxylation is 1. The van der Waals surface area contributed by atoms with Crippen LogP contribution in [0.3, 0.4) is 0 Å². The zero-order chi connectivity index (χ0) is 18.8. The number of allylic oxidation sites excluding steroid dienone is 6. The molecule has 138 valence electrons. The van der Waals surface area contributed by atoms with Gasteiger partial charge in [0, 0.05) is 11.1 Å². The third-order valence-electron chi connectivity index (χ3n) is 4.46. The summed E-state index contributed by atoms with van der Waals surface area (Å²) in [5.74, 6) is 5.96. The molecule has 0 N–H and O–H groups in total. The predicted octanol–water partition coefficient (Wildman–Crippen LogP) is 6.67. The van der Waals surface area contributed by atoms with Crippen molar-refractivity contribution in [2.24, 2.45) is 0 Å². The van der Waals surface area contributed by atoms with Crippen LogP contribution in [-0.4, -0.2) is 11.8 Å². The highest BCUT2D eigenvalue weighted by atomic mass is 19.2. The van der Waals surface area contributed by atoms with E-state index in [1.165, 1.54) is 23.8 Å². The maximum atomic E-state index is 14.7. The van der Waals surface area contributed by atoms with E-state index < -0.39 is 11.8 Å². The zero-order valence-corrected chi connectivity index (χ0v) is 15.8. The molecule has 1 aliphatic carbocycles. The number of rotatable bonds is 7. The Morgan fingerprint density at radius 3 is 2.50 bits per heavy atom. The molecular formula is C24H28F2. The molecular weight excluding hydrogens is 326 g/mol. The van der Waals surface area contributed by atoms with Crippen LogP contribution in [0.4, 0.5) is 8.78 Å². The molecule has 0 spiro atoms. The molecule has 0 amide bonds. The molecule has 2 atom stereocenters. The summed E-state index contributed by atoms with van der Waals surface area (Å²) in [6.45, 7) is 4.27. The average molecular weight is 354 g/mol. The van der Waals surface area contributed by atoms with Crippen LogP contribution in [0.15, 0.2) is 60.2 Å².